The molecule has 14 heavy (non-hydrogen) atoms. The molecule has 0 aliphatic heterocycles. The second kappa shape index (κ2) is 3.78. The Morgan fingerprint density at radius 2 is 2.50 bits per heavy atom. The van der Waals surface area contributed by atoms with Gasteiger partial charge >= 0.3 is 0 Å². The van der Waals surface area contributed by atoms with Gasteiger partial charge in [0.1, 0.15) is 11.7 Å². The number of aryl methyl sites for hydroxylation is 1. The molecule has 0 fully saturated rings. The third-order valence-electron chi connectivity index (χ3n) is 1.75. The van der Waals surface area contributed by atoms with Crippen molar-refractivity contribution >= 4 is 11.5 Å². The molecule has 0 saturated carbocycles. The minimum Gasteiger partial charge on any atom is -0.270 e. The molecule has 8 heteroatoms. The standard InChI is InChI=1S/C6H9N7S/c1-13-3-4(10-11-13)6(9-7)5-2-8-12-14-5/h2-3,6,9H,7H2,1H3. The van der Waals surface area contributed by atoms with Crippen LogP contribution in [0.4, 0.5) is 0 Å². The van der Waals surface area contributed by atoms with Crippen LogP contribution < -0.4 is 11.3 Å². The Morgan fingerprint density at radius 3 is 3.00 bits per heavy atom. The van der Waals surface area contributed by atoms with Gasteiger partial charge in [0.25, 0.3) is 0 Å². The molecule has 0 aliphatic rings. The Morgan fingerprint density at radius 1 is 1.64 bits per heavy atom. The van der Waals surface area contributed by atoms with E-state index in [-0.39, 0.29) is 6.04 Å². The van der Waals surface area contributed by atoms with Gasteiger partial charge in [-0.05, 0) is 11.5 Å². The number of aromatic nitrogens is 5. The molecule has 0 bridgehead atoms. The van der Waals surface area contributed by atoms with E-state index in [0.717, 1.165) is 10.6 Å². The van der Waals surface area contributed by atoms with E-state index in [9.17, 15) is 0 Å². The zero-order valence-electron chi connectivity index (χ0n) is 7.45. The van der Waals surface area contributed by atoms with Crippen LogP contribution in [0.25, 0.3) is 0 Å². The van der Waals surface area contributed by atoms with Crippen LogP contribution in [0.15, 0.2) is 12.4 Å². The molecule has 7 nitrogen and oxygen atoms in total. The molecule has 74 valence electrons. The van der Waals surface area contributed by atoms with Gasteiger partial charge in [-0.1, -0.05) is 9.70 Å². The highest BCUT2D eigenvalue weighted by molar-refractivity contribution is 7.05. The minimum absolute atomic E-state index is 0.191. The fraction of sp³-hybridized carbons (Fsp3) is 0.333. The SMILES string of the molecule is Cn1cc(C(NN)c2cnns2)nn1. The van der Waals surface area contributed by atoms with Crippen molar-refractivity contribution in [2.75, 3.05) is 0 Å². The third kappa shape index (κ3) is 1.62. The van der Waals surface area contributed by atoms with Gasteiger partial charge in [-0.2, -0.15) is 0 Å². The normalized spacial score (nSPS) is 13.0. The van der Waals surface area contributed by atoms with E-state index in [1.54, 1.807) is 24.1 Å². The summed E-state index contributed by atoms with van der Waals surface area (Å²) < 4.78 is 5.38. The fourth-order valence-corrected chi connectivity index (χ4v) is 1.69. The van der Waals surface area contributed by atoms with Crippen LogP contribution in [0.3, 0.4) is 0 Å². The Kier molecular flexibility index (Phi) is 2.48. The van der Waals surface area contributed by atoms with Crippen LogP contribution in [0.1, 0.15) is 16.6 Å². The molecule has 2 aromatic rings. The smallest absolute Gasteiger partial charge is 0.106 e. The van der Waals surface area contributed by atoms with E-state index in [1.165, 1.54) is 11.5 Å². The van der Waals surface area contributed by atoms with Crippen molar-refractivity contribution in [2.45, 2.75) is 6.04 Å². The van der Waals surface area contributed by atoms with Crippen LogP contribution in [0.2, 0.25) is 0 Å². The largest absolute Gasteiger partial charge is 0.270 e. The molecule has 0 radical (unpaired) electrons. The van der Waals surface area contributed by atoms with Crippen molar-refractivity contribution in [3.8, 4) is 0 Å². The summed E-state index contributed by atoms with van der Waals surface area (Å²) in [6.45, 7) is 0. The summed E-state index contributed by atoms with van der Waals surface area (Å²) in [7, 11) is 1.80. The van der Waals surface area contributed by atoms with E-state index in [0.29, 0.717) is 0 Å². The minimum atomic E-state index is -0.191. The molecular weight excluding hydrogens is 202 g/mol. The number of hydrogen-bond acceptors (Lipinski definition) is 7. The summed E-state index contributed by atoms with van der Waals surface area (Å²) >= 11 is 1.28. The Balaban J connectivity index is 2.31. The van der Waals surface area contributed by atoms with E-state index < -0.39 is 0 Å². The summed E-state index contributed by atoms with van der Waals surface area (Å²) in [5, 5.41) is 11.5. The highest BCUT2D eigenvalue weighted by Crippen LogP contribution is 2.20. The van der Waals surface area contributed by atoms with E-state index >= 15 is 0 Å². The van der Waals surface area contributed by atoms with Crippen LogP contribution in [-0.2, 0) is 7.05 Å². The van der Waals surface area contributed by atoms with E-state index in [2.05, 4.69) is 25.3 Å². The summed E-state index contributed by atoms with van der Waals surface area (Å²) in [6.07, 6.45) is 3.45. The second-order valence-corrected chi connectivity index (χ2v) is 3.55. The molecule has 0 amide bonds. The van der Waals surface area contributed by atoms with Gasteiger partial charge in [0.15, 0.2) is 0 Å². The third-order valence-corrected chi connectivity index (χ3v) is 2.47. The number of nitrogens with two attached hydrogens (primary N) is 1. The molecule has 2 rings (SSSR count). The highest BCUT2D eigenvalue weighted by Gasteiger charge is 2.17. The quantitative estimate of drug-likeness (QED) is 0.511. The average molecular weight is 211 g/mol. The topological polar surface area (TPSA) is 94.5 Å². The average Bonchev–Trinajstić information content (AvgIpc) is 2.79. The first-order valence-corrected chi connectivity index (χ1v) is 4.68. The van der Waals surface area contributed by atoms with Crippen molar-refractivity contribution in [1.29, 1.82) is 0 Å². The number of rotatable bonds is 3. The van der Waals surface area contributed by atoms with E-state index in [1.807, 2.05) is 0 Å². The monoisotopic (exact) mass is 211 g/mol. The lowest BCUT2D eigenvalue weighted by atomic mass is 10.2. The summed E-state index contributed by atoms with van der Waals surface area (Å²) in [5.74, 6) is 5.43. The maximum Gasteiger partial charge on any atom is 0.106 e. The van der Waals surface area contributed by atoms with Crippen LogP contribution in [-0.4, -0.2) is 24.6 Å². The predicted molar refractivity (Wildman–Crippen MR) is 50.1 cm³/mol. The van der Waals surface area contributed by atoms with Crippen molar-refractivity contribution in [3.63, 3.8) is 0 Å². The van der Waals surface area contributed by atoms with Crippen molar-refractivity contribution in [2.24, 2.45) is 12.9 Å². The number of nitrogens with zero attached hydrogens (tertiary/aromatic N) is 5. The van der Waals surface area contributed by atoms with Crippen molar-refractivity contribution in [3.05, 3.63) is 23.0 Å². The number of hydrogen-bond donors (Lipinski definition) is 2. The van der Waals surface area contributed by atoms with Gasteiger partial charge in [-0.25, -0.2) is 5.43 Å². The molecule has 3 N–H and O–H groups in total. The van der Waals surface area contributed by atoms with Crippen LogP contribution >= 0.6 is 11.5 Å². The van der Waals surface area contributed by atoms with E-state index in [4.69, 9.17) is 5.84 Å². The van der Waals surface area contributed by atoms with Gasteiger partial charge < -0.3 is 0 Å². The molecule has 0 aromatic carbocycles. The van der Waals surface area contributed by atoms with Gasteiger partial charge in [-0.15, -0.1) is 10.2 Å². The summed E-state index contributed by atoms with van der Waals surface area (Å²) in [6, 6.07) is -0.191. The predicted octanol–water partition coefficient (Wildman–Crippen LogP) is -0.781. The lowest BCUT2D eigenvalue weighted by molar-refractivity contribution is 0.625. The first-order chi connectivity index (χ1) is 6.81. The zero-order valence-corrected chi connectivity index (χ0v) is 8.27. The molecule has 1 unspecified atom stereocenters. The molecule has 2 heterocycles. The Bertz CT molecular complexity index is 394. The van der Waals surface area contributed by atoms with Gasteiger partial charge in [0.2, 0.25) is 0 Å². The Hall–Kier alpha value is -1.38. The van der Waals surface area contributed by atoms with Crippen LogP contribution in [0, 0.1) is 0 Å². The summed E-state index contributed by atoms with van der Waals surface area (Å²) in [5.41, 5.74) is 3.40. The maximum absolute atomic E-state index is 5.43. The molecule has 0 aliphatic carbocycles. The highest BCUT2D eigenvalue weighted by atomic mass is 32.1. The number of hydrazine groups is 1. The van der Waals surface area contributed by atoms with Gasteiger partial charge in [-0.3, -0.25) is 10.5 Å². The molecule has 1 atom stereocenters. The Labute approximate surface area is 84.1 Å². The second-order valence-electron chi connectivity index (χ2n) is 2.74. The lowest BCUT2D eigenvalue weighted by Crippen LogP contribution is -2.28. The summed E-state index contributed by atoms with van der Waals surface area (Å²) in [4.78, 5) is 0.910. The maximum atomic E-state index is 5.43. The number of nitrogens with one attached hydrogen (secondary N) is 1. The fourth-order valence-electron chi connectivity index (χ4n) is 1.11. The first kappa shape index (κ1) is 9.19. The van der Waals surface area contributed by atoms with Gasteiger partial charge in [0, 0.05) is 7.05 Å². The molecule has 0 saturated heterocycles. The lowest BCUT2D eigenvalue weighted by Gasteiger charge is -2.08. The first-order valence-electron chi connectivity index (χ1n) is 3.91. The van der Waals surface area contributed by atoms with Gasteiger partial charge in [0.05, 0.1) is 17.3 Å². The zero-order chi connectivity index (χ0) is 9.97. The van der Waals surface area contributed by atoms with Crippen molar-refractivity contribution < 1.29 is 0 Å². The molecular formula is C6H9N7S. The molecule has 0 spiro atoms. The molecule has 2 aromatic heterocycles. The van der Waals surface area contributed by atoms with Crippen LogP contribution in [0.5, 0.6) is 0 Å². The van der Waals surface area contributed by atoms with Crippen molar-refractivity contribution in [1.82, 2.24) is 30.0 Å².